The number of benzene rings is 1. The number of pyridine rings is 1. The highest BCUT2D eigenvalue weighted by atomic mass is 16.3. The van der Waals surface area contributed by atoms with Crippen LogP contribution in [0.1, 0.15) is 50.4 Å². The van der Waals surface area contributed by atoms with Gasteiger partial charge in [-0.15, -0.1) is 0 Å². The molecule has 3 aromatic heterocycles. The lowest BCUT2D eigenvalue weighted by Gasteiger charge is -2.26. The Labute approximate surface area is 202 Å². The Morgan fingerprint density at radius 1 is 1.20 bits per heavy atom. The lowest BCUT2D eigenvalue weighted by Crippen LogP contribution is -2.33. The molecule has 180 valence electrons. The minimum Gasteiger partial charge on any atom is -0.384 e. The van der Waals surface area contributed by atoms with E-state index in [1.807, 2.05) is 13.0 Å². The van der Waals surface area contributed by atoms with E-state index in [4.69, 9.17) is 4.98 Å². The molecule has 9 heteroatoms. The number of nitrogens with one attached hydrogen (secondary N) is 2. The molecular weight excluding hydrogens is 442 g/mol. The zero-order chi connectivity index (χ0) is 24.4. The molecule has 1 aliphatic heterocycles. The first-order valence-electron chi connectivity index (χ1n) is 12.1. The Hall–Kier alpha value is -3.56. The summed E-state index contributed by atoms with van der Waals surface area (Å²) in [6.45, 7) is 7.62. The van der Waals surface area contributed by atoms with Gasteiger partial charge in [0.15, 0.2) is 11.5 Å². The van der Waals surface area contributed by atoms with Gasteiger partial charge >= 0.3 is 0 Å². The van der Waals surface area contributed by atoms with Gasteiger partial charge in [-0.2, -0.15) is 4.98 Å². The molecule has 0 amide bonds. The molecule has 1 aromatic carbocycles. The summed E-state index contributed by atoms with van der Waals surface area (Å²) in [5.74, 6) is 0.917. The molecule has 4 aromatic rings. The van der Waals surface area contributed by atoms with Crippen molar-refractivity contribution in [2.75, 3.05) is 11.9 Å². The summed E-state index contributed by atoms with van der Waals surface area (Å²) in [5.41, 5.74) is 3.67. The maximum absolute atomic E-state index is 13.1. The van der Waals surface area contributed by atoms with Crippen LogP contribution in [-0.2, 0) is 24.1 Å². The Morgan fingerprint density at radius 3 is 2.77 bits per heavy atom. The third kappa shape index (κ3) is 3.62. The molecule has 0 radical (unpaired) electrons. The monoisotopic (exact) mass is 471 g/mol. The van der Waals surface area contributed by atoms with Crippen molar-refractivity contribution in [1.82, 2.24) is 29.6 Å². The molecule has 1 aliphatic carbocycles. The Bertz CT molecular complexity index is 1510. The lowest BCUT2D eigenvalue weighted by molar-refractivity contribution is 0.0738. The molecule has 0 saturated heterocycles. The quantitative estimate of drug-likeness (QED) is 0.410. The van der Waals surface area contributed by atoms with Crippen LogP contribution in [0.25, 0.3) is 16.9 Å². The number of aliphatic hydroxyl groups is 1. The molecule has 6 rings (SSSR count). The molecule has 0 bridgehead atoms. The zero-order valence-corrected chi connectivity index (χ0v) is 20.2. The molecule has 9 nitrogen and oxygen atoms in total. The van der Waals surface area contributed by atoms with Crippen LogP contribution in [0.15, 0.2) is 47.4 Å². The van der Waals surface area contributed by atoms with E-state index in [9.17, 15) is 9.90 Å². The van der Waals surface area contributed by atoms with Crippen molar-refractivity contribution in [3.05, 3.63) is 69.8 Å². The second-order valence-electron chi connectivity index (χ2n) is 10.1. The SMILES string of the molecule is CCn1c(=O)c2cnc(Nc3ccc4c(c3)CNCC43CC3)nc2n1-c1cccc(C(C)(C)O)n1. The summed E-state index contributed by atoms with van der Waals surface area (Å²) in [7, 11) is 0. The largest absolute Gasteiger partial charge is 0.384 e. The highest BCUT2D eigenvalue weighted by Gasteiger charge is 2.46. The summed E-state index contributed by atoms with van der Waals surface area (Å²) in [6.07, 6.45) is 4.05. The van der Waals surface area contributed by atoms with E-state index in [-0.39, 0.29) is 5.56 Å². The molecule has 0 atom stereocenters. The van der Waals surface area contributed by atoms with Crippen LogP contribution < -0.4 is 16.2 Å². The molecule has 2 aliphatic rings. The summed E-state index contributed by atoms with van der Waals surface area (Å²) in [5, 5.41) is 17.7. The van der Waals surface area contributed by atoms with Gasteiger partial charge in [-0.25, -0.2) is 19.3 Å². The predicted molar refractivity (Wildman–Crippen MR) is 134 cm³/mol. The van der Waals surface area contributed by atoms with Crippen LogP contribution in [0, 0.1) is 0 Å². The normalized spacial score (nSPS) is 16.5. The first-order chi connectivity index (χ1) is 16.8. The number of fused-ring (bicyclic) bond motifs is 3. The van der Waals surface area contributed by atoms with Gasteiger partial charge < -0.3 is 15.7 Å². The number of anilines is 2. The summed E-state index contributed by atoms with van der Waals surface area (Å²) in [4.78, 5) is 26.9. The van der Waals surface area contributed by atoms with E-state index in [0.29, 0.717) is 40.5 Å². The van der Waals surface area contributed by atoms with E-state index in [1.165, 1.54) is 24.0 Å². The van der Waals surface area contributed by atoms with Crippen molar-refractivity contribution in [3.63, 3.8) is 0 Å². The van der Waals surface area contributed by atoms with Crippen molar-refractivity contribution in [1.29, 1.82) is 0 Å². The zero-order valence-electron chi connectivity index (χ0n) is 20.2. The van der Waals surface area contributed by atoms with Gasteiger partial charge in [-0.3, -0.25) is 4.79 Å². The maximum atomic E-state index is 13.1. The van der Waals surface area contributed by atoms with Gasteiger partial charge in [0, 0.05) is 36.9 Å². The summed E-state index contributed by atoms with van der Waals surface area (Å²) in [6, 6.07) is 11.9. The van der Waals surface area contributed by atoms with Gasteiger partial charge in [-0.05, 0) is 69.0 Å². The van der Waals surface area contributed by atoms with Crippen LogP contribution in [-0.4, -0.2) is 36.0 Å². The average Bonchev–Trinajstić information content (AvgIpc) is 3.55. The molecule has 0 unspecified atom stereocenters. The van der Waals surface area contributed by atoms with E-state index in [0.717, 1.165) is 18.8 Å². The van der Waals surface area contributed by atoms with Gasteiger partial charge in [0.1, 0.15) is 11.0 Å². The van der Waals surface area contributed by atoms with Crippen LogP contribution >= 0.6 is 0 Å². The average molecular weight is 472 g/mol. The van der Waals surface area contributed by atoms with Gasteiger partial charge in [0.05, 0.1) is 5.69 Å². The van der Waals surface area contributed by atoms with E-state index < -0.39 is 5.60 Å². The minimum atomic E-state index is -1.11. The fourth-order valence-electron chi connectivity index (χ4n) is 5.08. The highest BCUT2D eigenvalue weighted by Crippen LogP contribution is 2.50. The van der Waals surface area contributed by atoms with E-state index in [2.05, 4.69) is 38.8 Å². The smallest absolute Gasteiger partial charge is 0.278 e. The summed E-state index contributed by atoms with van der Waals surface area (Å²) < 4.78 is 3.28. The molecule has 3 N–H and O–H groups in total. The van der Waals surface area contributed by atoms with Gasteiger partial charge in [0.25, 0.3) is 5.56 Å². The third-order valence-electron chi connectivity index (χ3n) is 7.12. The van der Waals surface area contributed by atoms with E-state index in [1.54, 1.807) is 41.5 Å². The molecule has 35 heavy (non-hydrogen) atoms. The van der Waals surface area contributed by atoms with Crippen LogP contribution in [0.4, 0.5) is 11.6 Å². The van der Waals surface area contributed by atoms with Crippen molar-refractivity contribution < 1.29 is 5.11 Å². The number of hydrogen-bond acceptors (Lipinski definition) is 7. The maximum Gasteiger partial charge on any atom is 0.278 e. The van der Waals surface area contributed by atoms with Crippen LogP contribution in [0.5, 0.6) is 0 Å². The minimum absolute atomic E-state index is 0.181. The van der Waals surface area contributed by atoms with Crippen LogP contribution in [0.3, 0.4) is 0 Å². The predicted octanol–water partition coefficient (Wildman–Crippen LogP) is 3.10. The topological polar surface area (TPSA) is 110 Å². The third-order valence-corrected chi connectivity index (χ3v) is 7.12. The second kappa shape index (κ2) is 7.73. The fraction of sp³-hybridized carbons (Fsp3) is 0.385. The number of nitrogens with zero attached hydrogens (tertiary/aromatic N) is 5. The fourth-order valence-corrected chi connectivity index (χ4v) is 5.08. The molecule has 1 fully saturated rings. The lowest BCUT2D eigenvalue weighted by atomic mass is 9.88. The standard InChI is InChI=1S/C26H29N7O2/c1-4-32-23(34)18-14-28-24(29-17-8-9-19-16(12-17)13-27-15-26(19)10-11-26)31-22(18)33(32)21-7-5-6-20(30-21)25(2,3)35/h5-9,12,14,27,35H,4,10-11,13,15H2,1-3H3,(H,28,29,31). The molecular formula is C26H29N7O2. The highest BCUT2D eigenvalue weighted by molar-refractivity contribution is 5.77. The molecule has 1 saturated carbocycles. The molecule has 1 spiro atoms. The van der Waals surface area contributed by atoms with E-state index >= 15 is 0 Å². The van der Waals surface area contributed by atoms with Crippen molar-refractivity contribution in [2.45, 2.75) is 57.7 Å². The number of rotatable bonds is 5. The van der Waals surface area contributed by atoms with Gasteiger partial charge in [-0.1, -0.05) is 12.1 Å². The van der Waals surface area contributed by atoms with Crippen molar-refractivity contribution in [2.24, 2.45) is 0 Å². The van der Waals surface area contributed by atoms with Crippen LogP contribution in [0.2, 0.25) is 0 Å². The number of hydrogen-bond donors (Lipinski definition) is 3. The van der Waals surface area contributed by atoms with Crippen molar-refractivity contribution in [3.8, 4) is 5.82 Å². The van der Waals surface area contributed by atoms with Crippen molar-refractivity contribution >= 4 is 22.7 Å². The first-order valence-corrected chi connectivity index (χ1v) is 12.1. The number of aromatic nitrogens is 5. The first kappa shape index (κ1) is 21.9. The Morgan fingerprint density at radius 2 is 2.03 bits per heavy atom. The Kier molecular flexibility index (Phi) is 4.84. The Balaban J connectivity index is 1.42. The molecule has 4 heterocycles. The van der Waals surface area contributed by atoms with Gasteiger partial charge in [0.2, 0.25) is 5.95 Å². The second-order valence-corrected chi connectivity index (χ2v) is 10.1. The summed E-state index contributed by atoms with van der Waals surface area (Å²) >= 11 is 0.